The molecule has 1 amide bonds. The van der Waals surface area contributed by atoms with Crippen LogP contribution in [0.5, 0.6) is 0 Å². The molecule has 18 heavy (non-hydrogen) atoms. The summed E-state index contributed by atoms with van der Waals surface area (Å²) in [6.45, 7) is 2.73. The fourth-order valence-electron chi connectivity index (χ4n) is 1.40. The first-order chi connectivity index (χ1) is 8.38. The molecular formula is C12H12F3NO2. The molecule has 1 atom stereocenters. The number of hydrogen-bond acceptors (Lipinski definition) is 2. The molecule has 0 bridgehead atoms. The summed E-state index contributed by atoms with van der Waals surface area (Å²) in [5.41, 5.74) is -0.645. The van der Waals surface area contributed by atoms with Gasteiger partial charge in [-0.25, -0.2) is 0 Å². The molecule has 2 N–H and O–H groups in total. The zero-order valence-corrected chi connectivity index (χ0v) is 9.37. The lowest BCUT2D eigenvalue weighted by molar-refractivity contribution is -0.137. The van der Waals surface area contributed by atoms with E-state index in [9.17, 15) is 18.0 Å². The van der Waals surface area contributed by atoms with E-state index in [0.717, 1.165) is 18.2 Å². The highest BCUT2D eigenvalue weighted by molar-refractivity contribution is 5.87. The van der Waals surface area contributed by atoms with E-state index in [4.69, 9.17) is 5.11 Å². The molecule has 6 heteroatoms. The maximum atomic E-state index is 12.5. The van der Waals surface area contributed by atoms with Crippen LogP contribution in [0.2, 0.25) is 0 Å². The lowest BCUT2D eigenvalue weighted by Crippen LogP contribution is -2.29. The second-order valence-corrected chi connectivity index (χ2v) is 3.57. The summed E-state index contributed by atoms with van der Waals surface area (Å²) in [5, 5.41) is 11.4. The van der Waals surface area contributed by atoms with E-state index in [1.807, 2.05) is 0 Å². The third kappa shape index (κ3) is 3.59. The topological polar surface area (TPSA) is 49.3 Å². The Morgan fingerprint density at radius 2 is 2.17 bits per heavy atom. The number of benzene rings is 1. The number of nitrogens with one attached hydrogen (secondary N) is 1. The molecule has 0 spiro atoms. The number of aliphatic hydroxyl groups excluding tert-OH is 1. The third-order valence-electron chi connectivity index (χ3n) is 2.30. The zero-order chi connectivity index (χ0) is 13.8. The Bertz CT molecular complexity index is 443. The first kappa shape index (κ1) is 14.2. The Kier molecular flexibility index (Phi) is 4.49. The van der Waals surface area contributed by atoms with Crippen molar-refractivity contribution >= 4 is 5.91 Å². The van der Waals surface area contributed by atoms with Crippen LogP contribution in [0.3, 0.4) is 0 Å². The molecule has 1 aromatic rings. The molecule has 0 saturated carbocycles. The van der Waals surface area contributed by atoms with E-state index in [0.29, 0.717) is 0 Å². The molecule has 0 radical (unpaired) electrons. The van der Waals surface area contributed by atoms with Crippen molar-refractivity contribution < 1.29 is 23.1 Å². The van der Waals surface area contributed by atoms with Crippen LogP contribution in [-0.2, 0) is 11.0 Å². The van der Waals surface area contributed by atoms with Crippen molar-refractivity contribution in [2.24, 2.45) is 0 Å². The van der Waals surface area contributed by atoms with E-state index in [2.05, 4.69) is 11.9 Å². The van der Waals surface area contributed by atoms with Crippen LogP contribution in [0.25, 0.3) is 0 Å². The van der Waals surface area contributed by atoms with Crippen molar-refractivity contribution in [2.75, 3.05) is 6.61 Å². The van der Waals surface area contributed by atoms with Gasteiger partial charge in [0.25, 0.3) is 0 Å². The number of alkyl halides is 3. The minimum Gasteiger partial charge on any atom is -0.394 e. The van der Waals surface area contributed by atoms with Crippen LogP contribution in [0.15, 0.2) is 36.9 Å². The average molecular weight is 259 g/mol. The third-order valence-corrected chi connectivity index (χ3v) is 2.30. The van der Waals surface area contributed by atoms with E-state index in [1.54, 1.807) is 0 Å². The molecule has 0 saturated heterocycles. The minimum absolute atomic E-state index is 0.183. The predicted octanol–water partition coefficient (Wildman–Crippen LogP) is 2.04. The molecule has 0 aliphatic heterocycles. The quantitative estimate of drug-likeness (QED) is 0.813. The highest BCUT2D eigenvalue weighted by Crippen LogP contribution is 2.30. The van der Waals surface area contributed by atoms with Crippen LogP contribution in [0, 0.1) is 0 Å². The number of halogens is 3. The summed E-state index contributed by atoms with van der Waals surface area (Å²) in [6.07, 6.45) is -3.48. The lowest BCUT2D eigenvalue weighted by atomic mass is 10.0. The molecule has 0 fully saturated rings. The van der Waals surface area contributed by atoms with Gasteiger partial charge in [0.15, 0.2) is 0 Å². The first-order valence-electron chi connectivity index (χ1n) is 5.09. The van der Waals surface area contributed by atoms with Gasteiger partial charge in [-0.2, -0.15) is 13.2 Å². The molecule has 0 aromatic heterocycles. The molecule has 1 aromatic carbocycles. The van der Waals surface area contributed by atoms with Crippen LogP contribution < -0.4 is 5.32 Å². The van der Waals surface area contributed by atoms with Crippen molar-refractivity contribution in [3.05, 3.63) is 48.0 Å². The predicted molar refractivity (Wildman–Crippen MR) is 59.6 cm³/mol. The normalized spacial score (nSPS) is 12.9. The molecule has 98 valence electrons. The minimum atomic E-state index is -4.46. The van der Waals surface area contributed by atoms with Gasteiger partial charge in [0, 0.05) is 0 Å². The maximum Gasteiger partial charge on any atom is 0.416 e. The van der Waals surface area contributed by atoms with E-state index < -0.39 is 30.3 Å². The molecule has 0 heterocycles. The Morgan fingerprint density at radius 1 is 1.50 bits per heavy atom. The maximum absolute atomic E-state index is 12.5. The van der Waals surface area contributed by atoms with Gasteiger partial charge < -0.3 is 10.4 Å². The van der Waals surface area contributed by atoms with Gasteiger partial charge in [-0.15, -0.1) is 0 Å². The summed E-state index contributed by atoms with van der Waals surface area (Å²) in [5.74, 6) is -0.563. The SMILES string of the molecule is C=CC(=O)NC(CO)c1cccc(C(F)(F)F)c1. The monoisotopic (exact) mass is 259 g/mol. The standard InChI is InChI=1S/C12H12F3NO2/c1-2-11(18)16-10(7-17)8-4-3-5-9(6-8)12(13,14)15/h2-6,10,17H,1,7H2,(H,16,18). The van der Waals surface area contributed by atoms with E-state index in [1.165, 1.54) is 12.1 Å². The Morgan fingerprint density at radius 3 is 2.67 bits per heavy atom. The van der Waals surface area contributed by atoms with Crippen molar-refractivity contribution in [2.45, 2.75) is 12.2 Å². The Labute approximate surface area is 102 Å². The van der Waals surface area contributed by atoms with Gasteiger partial charge >= 0.3 is 6.18 Å². The largest absolute Gasteiger partial charge is 0.416 e. The fourth-order valence-corrected chi connectivity index (χ4v) is 1.40. The average Bonchev–Trinajstić information content (AvgIpc) is 2.34. The highest BCUT2D eigenvalue weighted by Gasteiger charge is 2.31. The lowest BCUT2D eigenvalue weighted by Gasteiger charge is -2.17. The molecule has 0 aliphatic carbocycles. The Hall–Kier alpha value is -1.82. The van der Waals surface area contributed by atoms with E-state index >= 15 is 0 Å². The fraction of sp³-hybridized carbons (Fsp3) is 0.250. The summed E-state index contributed by atoms with van der Waals surface area (Å²) >= 11 is 0. The van der Waals surface area contributed by atoms with Crippen LogP contribution in [-0.4, -0.2) is 17.6 Å². The Balaban J connectivity index is 3.00. The second-order valence-electron chi connectivity index (χ2n) is 3.57. The number of carbonyl (C=O) groups is 1. The van der Waals surface area contributed by atoms with Crippen molar-refractivity contribution in [1.82, 2.24) is 5.32 Å². The van der Waals surface area contributed by atoms with Gasteiger partial charge in [0.2, 0.25) is 5.91 Å². The molecule has 0 aliphatic rings. The van der Waals surface area contributed by atoms with Gasteiger partial charge in [0.05, 0.1) is 18.2 Å². The van der Waals surface area contributed by atoms with Crippen LogP contribution in [0.4, 0.5) is 13.2 Å². The van der Waals surface area contributed by atoms with Crippen molar-refractivity contribution in [1.29, 1.82) is 0 Å². The molecule has 3 nitrogen and oxygen atoms in total. The van der Waals surface area contributed by atoms with Crippen molar-refractivity contribution in [3.8, 4) is 0 Å². The van der Waals surface area contributed by atoms with Gasteiger partial charge in [-0.05, 0) is 23.8 Å². The zero-order valence-electron chi connectivity index (χ0n) is 9.37. The number of aliphatic hydroxyl groups is 1. The van der Waals surface area contributed by atoms with Crippen LogP contribution in [0.1, 0.15) is 17.2 Å². The van der Waals surface area contributed by atoms with E-state index in [-0.39, 0.29) is 5.56 Å². The highest BCUT2D eigenvalue weighted by atomic mass is 19.4. The molecule has 1 rings (SSSR count). The van der Waals surface area contributed by atoms with Gasteiger partial charge in [-0.1, -0.05) is 18.7 Å². The number of carbonyl (C=O) groups excluding carboxylic acids is 1. The number of rotatable bonds is 4. The molecular weight excluding hydrogens is 247 g/mol. The number of hydrogen-bond donors (Lipinski definition) is 2. The summed E-state index contributed by atoms with van der Waals surface area (Å²) < 4.78 is 37.5. The summed E-state index contributed by atoms with van der Waals surface area (Å²) in [4.78, 5) is 11.1. The summed E-state index contributed by atoms with van der Waals surface area (Å²) in [6, 6.07) is 3.55. The smallest absolute Gasteiger partial charge is 0.394 e. The number of amides is 1. The van der Waals surface area contributed by atoms with Crippen molar-refractivity contribution in [3.63, 3.8) is 0 Å². The summed E-state index contributed by atoms with van der Waals surface area (Å²) in [7, 11) is 0. The second kappa shape index (κ2) is 5.68. The van der Waals surface area contributed by atoms with Gasteiger partial charge in [-0.3, -0.25) is 4.79 Å². The van der Waals surface area contributed by atoms with Crippen LogP contribution >= 0.6 is 0 Å². The molecule has 1 unspecified atom stereocenters. The first-order valence-corrected chi connectivity index (χ1v) is 5.09. The van der Waals surface area contributed by atoms with Gasteiger partial charge in [0.1, 0.15) is 0 Å².